The highest BCUT2D eigenvalue weighted by atomic mass is 32.2. The van der Waals surface area contributed by atoms with Crippen LogP contribution < -0.4 is 0 Å². The van der Waals surface area contributed by atoms with E-state index in [-0.39, 0.29) is 16.2 Å². The third-order valence-electron chi connectivity index (χ3n) is 4.06. The molecule has 0 spiro atoms. The van der Waals surface area contributed by atoms with E-state index in [2.05, 4.69) is 31.8 Å². The Bertz CT molecular complexity index is 971. The molecule has 0 saturated heterocycles. The van der Waals surface area contributed by atoms with Crippen LogP contribution in [-0.2, 0) is 34.8 Å². The van der Waals surface area contributed by atoms with Gasteiger partial charge in [0, 0.05) is 4.90 Å². The number of thioether (sulfide) groups is 1. The quantitative estimate of drug-likeness (QED) is 0.170. The van der Waals surface area contributed by atoms with Gasteiger partial charge in [0.2, 0.25) is 5.04 Å². The zero-order chi connectivity index (χ0) is 21.7. The summed E-state index contributed by atoms with van der Waals surface area (Å²) in [5, 5.41) is 3.76. The van der Waals surface area contributed by atoms with Crippen LogP contribution in [0.2, 0.25) is 0 Å². The fourth-order valence-electron chi connectivity index (χ4n) is 2.39. The van der Waals surface area contributed by atoms with E-state index in [4.69, 9.17) is 9.02 Å². The lowest BCUT2D eigenvalue weighted by Crippen LogP contribution is -2.15. The van der Waals surface area contributed by atoms with Gasteiger partial charge in [-0.2, -0.15) is 0 Å². The molecule has 7 heteroatoms. The minimum absolute atomic E-state index is 0.0355. The summed E-state index contributed by atoms with van der Waals surface area (Å²) in [6, 6.07) is 15.4. The second-order valence-electron chi connectivity index (χ2n) is 7.71. The van der Waals surface area contributed by atoms with Crippen molar-refractivity contribution >= 4 is 38.4 Å². The molecule has 29 heavy (non-hydrogen) atoms. The number of oxime groups is 1. The topological polar surface area (TPSA) is 65.0 Å². The third-order valence-corrected chi connectivity index (χ3v) is 6.12. The number of esters is 1. The van der Waals surface area contributed by atoms with Crippen molar-refractivity contribution in [1.82, 2.24) is 0 Å². The van der Waals surface area contributed by atoms with Crippen LogP contribution >= 0.6 is 11.8 Å². The van der Waals surface area contributed by atoms with Gasteiger partial charge in [0.05, 0.1) is 12.9 Å². The van der Waals surface area contributed by atoms with Gasteiger partial charge in [0.25, 0.3) is 0 Å². The summed E-state index contributed by atoms with van der Waals surface area (Å²) >= 11 is 1.08. The standard InChI is InChI=1S/C22H27NO4S2/c1-16-7-13-19(14-8-16)28-20(21(24)26-5)23-27-29(6,25)15-17-9-11-18(12-10-17)22(2,3)4/h7-14H,6,15H2,1-5H3/b23-20-. The monoisotopic (exact) mass is 433 g/mol. The highest BCUT2D eigenvalue weighted by molar-refractivity contribution is 8.15. The molecule has 0 saturated carbocycles. The molecule has 1 unspecified atom stereocenters. The smallest absolute Gasteiger partial charge is 0.367 e. The van der Waals surface area contributed by atoms with E-state index in [9.17, 15) is 9.00 Å². The van der Waals surface area contributed by atoms with Crippen LogP contribution in [0.3, 0.4) is 0 Å². The summed E-state index contributed by atoms with van der Waals surface area (Å²) in [6.45, 7) is 8.36. The number of carbonyl (C=O) groups is 1. The van der Waals surface area contributed by atoms with Crippen molar-refractivity contribution in [3.05, 3.63) is 65.2 Å². The predicted octanol–water partition coefficient (Wildman–Crippen LogP) is 4.72. The highest BCUT2D eigenvalue weighted by Gasteiger charge is 2.17. The molecule has 0 fully saturated rings. The van der Waals surface area contributed by atoms with Crippen molar-refractivity contribution in [3.8, 4) is 0 Å². The number of hydrogen-bond donors (Lipinski definition) is 0. The summed E-state index contributed by atoms with van der Waals surface area (Å²) in [5.41, 5.74) is 3.13. The molecule has 2 aromatic rings. The van der Waals surface area contributed by atoms with E-state index in [1.54, 1.807) is 0 Å². The average molecular weight is 434 g/mol. The first kappa shape index (κ1) is 23.0. The molecule has 0 amide bonds. The van der Waals surface area contributed by atoms with Crippen molar-refractivity contribution in [2.45, 2.75) is 43.8 Å². The SMILES string of the molecule is C=S(=O)(Cc1ccc(C(C)(C)C)cc1)O/N=C(\Sc1ccc(C)cc1)C(=O)OC. The molecule has 0 heterocycles. The highest BCUT2D eigenvalue weighted by Crippen LogP contribution is 2.24. The molecule has 0 aliphatic heterocycles. The van der Waals surface area contributed by atoms with Crippen molar-refractivity contribution in [3.63, 3.8) is 0 Å². The zero-order valence-corrected chi connectivity index (χ0v) is 19.1. The summed E-state index contributed by atoms with van der Waals surface area (Å²) < 4.78 is 22.7. The molecule has 156 valence electrons. The molecular weight excluding hydrogens is 406 g/mol. The Morgan fingerprint density at radius 2 is 1.69 bits per heavy atom. The van der Waals surface area contributed by atoms with Crippen LogP contribution in [-0.4, -0.2) is 28.2 Å². The number of carbonyl (C=O) groups excluding carboxylic acids is 1. The minimum Gasteiger partial charge on any atom is -0.464 e. The molecule has 0 radical (unpaired) electrons. The van der Waals surface area contributed by atoms with Gasteiger partial charge in [0.15, 0.2) is 0 Å². The maximum absolute atomic E-state index is 12.7. The molecule has 1 atom stereocenters. The van der Waals surface area contributed by atoms with E-state index in [0.717, 1.165) is 27.8 Å². The second-order valence-corrected chi connectivity index (χ2v) is 10.7. The predicted molar refractivity (Wildman–Crippen MR) is 122 cm³/mol. The summed E-state index contributed by atoms with van der Waals surface area (Å²) in [6.07, 6.45) is 0. The number of nitrogens with zero attached hydrogens (tertiary/aromatic N) is 1. The lowest BCUT2D eigenvalue weighted by Gasteiger charge is -2.19. The largest absolute Gasteiger partial charge is 0.464 e. The van der Waals surface area contributed by atoms with Crippen molar-refractivity contribution in [1.29, 1.82) is 0 Å². The Labute approximate surface area is 177 Å². The molecule has 5 nitrogen and oxygen atoms in total. The minimum atomic E-state index is -3.03. The number of ether oxygens (including phenoxy) is 1. The Hall–Kier alpha value is -2.25. The lowest BCUT2D eigenvalue weighted by atomic mass is 9.87. The summed E-state index contributed by atoms with van der Waals surface area (Å²) in [4.78, 5) is 12.8. The lowest BCUT2D eigenvalue weighted by molar-refractivity contribution is -0.132. The summed E-state index contributed by atoms with van der Waals surface area (Å²) in [7, 11) is -1.77. The Kier molecular flexibility index (Phi) is 7.54. The van der Waals surface area contributed by atoms with Gasteiger partial charge in [-0.05, 0) is 41.5 Å². The normalized spacial score (nSPS) is 14.2. The summed E-state index contributed by atoms with van der Waals surface area (Å²) in [5.74, 6) is 3.07. The van der Waals surface area contributed by atoms with Crippen molar-refractivity contribution in [2.75, 3.05) is 7.11 Å². The van der Waals surface area contributed by atoms with Gasteiger partial charge in [-0.25, -0.2) is 9.00 Å². The van der Waals surface area contributed by atoms with Crippen LogP contribution in [0.1, 0.15) is 37.5 Å². The number of rotatable bonds is 5. The molecule has 0 bridgehead atoms. The fraction of sp³-hybridized carbons (Fsp3) is 0.318. The van der Waals surface area contributed by atoms with Gasteiger partial charge in [-0.1, -0.05) is 79.7 Å². The third kappa shape index (κ3) is 7.25. The second kappa shape index (κ2) is 9.50. The van der Waals surface area contributed by atoms with E-state index < -0.39 is 15.8 Å². The Morgan fingerprint density at radius 3 is 2.21 bits per heavy atom. The van der Waals surface area contributed by atoms with Crippen LogP contribution in [0.4, 0.5) is 0 Å². The molecule has 2 aromatic carbocycles. The maximum atomic E-state index is 12.7. The van der Waals surface area contributed by atoms with Gasteiger partial charge in [0.1, 0.15) is 9.80 Å². The Balaban J connectivity index is 2.13. The maximum Gasteiger partial charge on any atom is 0.367 e. The van der Waals surface area contributed by atoms with E-state index >= 15 is 0 Å². The number of aryl methyl sites for hydroxylation is 1. The van der Waals surface area contributed by atoms with Crippen LogP contribution in [0.5, 0.6) is 0 Å². The average Bonchev–Trinajstić information content (AvgIpc) is 2.65. The first-order chi connectivity index (χ1) is 13.5. The molecule has 0 aliphatic carbocycles. The van der Waals surface area contributed by atoms with E-state index in [1.807, 2.05) is 55.5 Å². The van der Waals surface area contributed by atoms with Crippen molar-refractivity contribution in [2.24, 2.45) is 5.16 Å². The van der Waals surface area contributed by atoms with Gasteiger partial charge in [-0.15, -0.1) is 0 Å². The fourth-order valence-corrected chi connectivity index (χ4v) is 4.13. The number of methoxy groups -OCH3 is 1. The molecule has 0 aliphatic rings. The first-order valence-corrected chi connectivity index (χ1v) is 11.7. The molecule has 0 aromatic heterocycles. The van der Waals surface area contributed by atoms with Crippen LogP contribution in [0.25, 0.3) is 0 Å². The number of benzene rings is 2. The van der Waals surface area contributed by atoms with Gasteiger partial charge >= 0.3 is 5.97 Å². The van der Waals surface area contributed by atoms with E-state index in [1.165, 1.54) is 12.7 Å². The van der Waals surface area contributed by atoms with Crippen molar-refractivity contribution < 1.29 is 18.0 Å². The van der Waals surface area contributed by atoms with Gasteiger partial charge < -0.3 is 9.02 Å². The number of hydrogen-bond acceptors (Lipinski definition) is 6. The van der Waals surface area contributed by atoms with Gasteiger partial charge in [-0.3, -0.25) is 0 Å². The molecule has 0 N–H and O–H groups in total. The first-order valence-electron chi connectivity index (χ1n) is 9.04. The zero-order valence-electron chi connectivity index (χ0n) is 17.4. The molecular formula is C22H27NO4S2. The van der Waals surface area contributed by atoms with Crippen LogP contribution in [0.15, 0.2) is 58.6 Å². The van der Waals surface area contributed by atoms with E-state index in [0.29, 0.717) is 0 Å². The Morgan fingerprint density at radius 1 is 1.10 bits per heavy atom. The van der Waals surface area contributed by atoms with Crippen LogP contribution in [0, 0.1) is 6.92 Å². The molecule has 2 rings (SSSR count).